The molecule has 1 aromatic heterocycles. The zero-order valence-electron chi connectivity index (χ0n) is 16.5. The lowest BCUT2D eigenvalue weighted by Gasteiger charge is -2.31. The van der Waals surface area contributed by atoms with Crippen molar-refractivity contribution in [2.75, 3.05) is 18.4 Å². The highest BCUT2D eigenvalue weighted by atomic mass is 19.1. The monoisotopic (exact) mass is 406 g/mol. The van der Waals surface area contributed by atoms with Gasteiger partial charge in [-0.15, -0.1) is 0 Å². The maximum absolute atomic E-state index is 13.1. The number of anilines is 1. The Hall–Kier alpha value is -3.22. The van der Waals surface area contributed by atoms with E-state index in [-0.39, 0.29) is 29.5 Å². The smallest absolute Gasteiger partial charge is 0.227 e. The van der Waals surface area contributed by atoms with Crippen LogP contribution in [0.4, 0.5) is 10.1 Å². The van der Waals surface area contributed by atoms with E-state index in [0.29, 0.717) is 37.4 Å². The number of carbonyl (C=O) groups is 2. The molecule has 2 N–H and O–H groups in total. The molecule has 1 aliphatic heterocycles. The Bertz CT molecular complexity index is 1100. The van der Waals surface area contributed by atoms with Crippen LogP contribution in [-0.4, -0.2) is 39.8 Å². The third kappa shape index (κ3) is 3.79. The van der Waals surface area contributed by atoms with Crippen LogP contribution in [0.2, 0.25) is 0 Å². The molecule has 0 atom stereocenters. The van der Waals surface area contributed by atoms with Gasteiger partial charge in [0.2, 0.25) is 11.8 Å². The number of amides is 2. The van der Waals surface area contributed by atoms with Gasteiger partial charge in [-0.2, -0.15) is 0 Å². The second kappa shape index (κ2) is 7.55. The van der Waals surface area contributed by atoms with Crippen molar-refractivity contribution in [1.82, 2.24) is 14.9 Å². The molecular weight excluding hydrogens is 383 g/mol. The minimum absolute atomic E-state index is 0.00820. The van der Waals surface area contributed by atoms with E-state index in [9.17, 15) is 14.0 Å². The van der Waals surface area contributed by atoms with Crippen LogP contribution in [0.5, 0.6) is 0 Å². The number of carbonyl (C=O) groups excluding carboxylic acids is 2. The number of hydrogen-bond donors (Lipinski definition) is 2. The topological polar surface area (TPSA) is 78.1 Å². The summed E-state index contributed by atoms with van der Waals surface area (Å²) >= 11 is 0. The fourth-order valence-corrected chi connectivity index (χ4v) is 4.03. The molecule has 5 rings (SSSR count). The molecule has 1 aliphatic carbocycles. The van der Waals surface area contributed by atoms with Gasteiger partial charge in [0.05, 0.1) is 11.0 Å². The van der Waals surface area contributed by atoms with E-state index in [4.69, 9.17) is 0 Å². The Morgan fingerprint density at radius 3 is 2.43 bits per heavy atom. The molecule has 2 aliphatic rings. The summed E-state index contributed by atoms with van der Waals surface area (Å²) in [6, 6.07) is 11.7. The van der Waals surface area contributed by atoms with E-state index in [1.54, 1.807) is 12.1 Å². The lowest BCUT2D eigenvalue weighted by Crippen LogP contribution is -2.42. The predicted octanol–water partition coefficient (Wildman–Crippen LogP) is 3.96. The average molecular weight is 406 g/mol. The van der Waals surface area contributed by atoms with Crippen LogP contribution in [-0.2, 0) is 9.59 Å². The number of imidazole rings is 1. The molecule has 1 saturated heterocycles. The molecule has 0 unspecified atom stereocenters. The molecule has 3 aromatic rings. The van der Waals surface area contributed by atoms with Crippen molar-refractivity contribution >= 4 is 28.5 Å². The number of fused-ring (bicyclic) bond motifs is 1. The third-order valence-corrected chi connectivity index (χ3v) is 5.97. The van der Waals surface area contributed by atoms with Crippen LogP contribution in [0.1, 0.15) is 25.7 Å². The number of aromatic nitrogens is 2. The zero-order valence-corrected chi connectivity index (χ0v) is 16.5. The molecule has 2 aromatic carbocycles. The highest BCUT2D eigenvalue weighted by Gasteiger charge is 2.35. The van der Waals surface area contributed by atoms with Crippen LogP contribution >= 0.6 is 0 Å². The van der Waals surface area contributed by atoms with Crippen molar-refractivity contribution in [3.8, 4) is 11.4 Å². The van der Waals surface area contributed by atoms with Gasteiger partial charge in [-0.05, 0) is 68.1 Å². The maximum atomic E-state index is 13.1. The van der Waals surface area contributed by atoms with Gasteiger partial charge in [0.25, 0.3) is 0 Å². The molecule has 1 saturated carbocycles. The number of benzene rings is 2. The first-order valence-corrected chi connectivity index (χ1v) is 10.4. The minimum Gasteiger partial charge on any atom is -0.342 e. The van der Waals surface area contributed by atoms with Crippen LogP contribution in [0.25, 0.3) is 22.4 Å². The lowest BCUT2D eigenvalue weighted by atomic mass is 9.95. The second-order valence-corrected chi connectivity index (χ2v) is 8.19. The standard InChI is InChI=1S/C23H23FN4O2/c24-17-5-3-14(4-6-17)21-26-19-8-7-18(13-20(19)27-21)25-22(29)15-9-11-28(12-10-15)23(30)16-1-2-16/h3-8,13,15-16H,1-2,9-12H2,(H,25,29)(H,26,27). The van der Waals surface area contributed by atoms with Crippen molar-refractivity contribution in [2.24, 2.45) is 11.8 Å². The Morgan fingerprint density at radius 2 is 1.73 bits per heavy atom. The molecule has 0 bridgehead atoms. The average Bonchev–Trinajstić information content (AvgIpc) is 3.53. The first-order valence-electron chi connectivity index (χ1n) is 10.4. The first kappa shape index (κ1) is 18.8. The van der Waals surface area contributed by atoms with E-state index < -0.39 is 0 Å². The number of halogens is 1. The molecule has 30 heavy (non-hydrogen) atoms. The van der Waals surface area contributed by atoms with Crippen LogP contribution < -0.4 is 5.32 Å². The predicted molar refractivity (Wildman–Crippen MR) is 112 cm³/mol. The normalized spacial score (nSPS) is 17.3. The number of piperidine rings is 1. The maximum Gasteiger partial charge on any atom is 0.227 e. The van der Waals surface area contributed by atoms with Crippen molar-refractivity contribution in [1.29, 1.82) is 0 Å². The molecule has 2 amide bonds. The quantitative estimate of drug-likeness (QED) is 0.689. The van der Waals surface area contributed by atoms with Gasteiger partial charge in [0, 0.05) is 36.2 Å². The number of rotatable bonds is 4. The first-order chi connectivity index (χ1) is 14.6. The third-order valence-electron chi connectivity index (χ3n) is 5.97. The number of likely N-dealkylation sites (tertiary alicyclic amines) is 1. The fraction of sp³-hybridized carbons (Fsp3) is 0.348. The van der Waals surface area contributed by atoms with E-state index in [1.165, 1.54) is 12.1 Å². The van der Waals surface area contributed by atoms with Crippen LogP contribution in [0.15, 0.2) is 42.5 Å². The highest BCUT2D eigenvalue weighted by molar-refractivity contribution is 5.95. The number of aromatic amines is 1. The molecule has 2 fully saturated rings. The van der Waals surface area contributed by atoms with Crippen LogP contribution in [0, 0.1) is 17.7 Å². The van der Waals surface area contributed by atoms with Gasteiger partial charge in [0.1, 0.15) is 11.6 Å². The SMILES string of the molecule is O=C(Nc1ccc2nc(-c3ccc(F)cc3)[nH]c2c1)C1CCN(C(=O)C2CC2)CC1. The molecule has 7 heteroatoms. The summed E-state index contributed by atoms with van der Waals surface area (Å²) in [7, 11) is 0. The summed E-state index contributed by atoms with van der Waals surface area (Å²) in [6.07, 6.45) is 3.42. The van der Waals surface area contributed by atoms with Gasteiger partial charge < -0.3 is 15.2 Å². The van der Waals surface area contributed by atoms with Crippen molar-refractivity contribution < 1.29 is 14.0 Å². The van der Waals surface area contributed by atoms with E-state index in [1.807, 2.05) is 23.1 Å². The summed E-state index contributed by atoms with van der Waals surface area (Å²) in [5, 5.41) is 3.00. The largest absolute Gasteiger partial charge is 0.342 e. The van der Waals surface area contributed by atoms with Crippen LogP contribution in [0.3, 0.4) is 0 Å². The minimum atomic E-state index is -0.289. The van der Waals surface area contributed by atoms with E-state index in [0.717, 1.165) is 29.4 Å². The number of nitrogens with zero attached hydrogens (tertiary/aromatic N) is 2. The summed E-state index contributed by atoms with van der Waals surface area (Å²) in [6.45, 7) is 1.32. The Morgan fingerprint density at radius 1 is 1.00 bits per heavy atom. The van der Waals surface area contributed by atoms with Gasteiger partial charge in [0.15, 0.2) is 0 Å². The van der Waals surface area contributed by atoms with Gasteiger partial charge in [-0.1, -0.05) is 0 Å². The second-order valence-electron chi connectivity index (χ2n) is 8.19. The summed E-state index contributed by atoms with van der Waals surface area (Å²) < 4.78 is 13.1. The van der Waals surface area contributed by atoms with E-state index in [2.05, 4.69) is 15.3 Å². The van der Waals surface area contributed by atoms with Gasteiger partial charge >= 0.3 is 0 Å². The van der Waals surface area contributed by atoms with Crippen molar-refractivity contribution in [3.63, 3.8) is 0 Å². The molecular formula is C23H23FN4O2. The molecule has 0 spiro atoms. The van der Waals surface area contributed by atoms with Gasteiger partial charge in [-0.3, -0.25) is 9.59 Å². The zero-order chi connectivity index (χ0) is 20.7. The number of hydrogen-bond acceptors (Lipinski definition) is 3. The van der Waals surface area contributed by atoms with Gasteiger partial charge in [-0.25, -0.2) is 9.37 Å². The lowest BCUT2D eigenvalue weighted by molar-refractivity contribution is -0.135. The summed E-state index contributed by atoms with van der Waals surface area (Å²) in [5.74, 6) is 0.766. The molecule has 2 heterocycles. The molecule has 154 valence electrons. The van der Waals surface area contributed by atoms with Crippen molar-refractivity contribution in [3.05, 3.63) is 48.3 Å². The van der Waals surface area contributed by atoms with Crippen molar-refractivity contribution in [2.45, 2.75) is 25.7 Å². The van der Waals surface area contributed by atoms with E-state index >= 15 is 0 Å². The highest BCUT2D eigenvalue weighted by Crippen LogP contribution is 2.32. The number of nitrogens with one attached hydrogen (secondary N) is 2. The Kier molecular flexibility index (Phi) is 4.73. The summed E-state index contributed by atoms with van der Waals surface area (Å²) in [4.78, 5) is 34.6. The number of H-pyrrole nitrogens is 1. The molecule has 6 nitrogen and oxygen atoms in total. The summed E-state index contributed by atoms with van der Waals surface area (Å²) in [5.41, 5.74) is 3.08. The molecule has 0 radical (unpaired) electrons. The Balaban J connectivity index is 1.24. The Labute approximate surface area is 173 Å². The fourth-order valence-electron chi connectivity index (χ4n) is 4.03.